The Hall–Kier alpha value is -0.470. The molecule has 1 N–H and O–H groups in total. The van der Waals surface area contributed by atoms with E-state index in [1.54, 1.807) is 0 Å². The molecule has 82 valence electrons. The van der Waals surface area contributed by atoms with E-state index in [2.05, 4.69) is 32.0 Å². The van der Waals surface area contributed by atoms with Crippen LogP contribution in [-0.2, 0) is 0 Å². The largest absolute Gasteiger partial charge is 0.387 e. The first-order valence-electron chi connectivity index (χ1n) is 5.55. The molecule has 2 unspecified atom stereocenters. The highest BCUT2D eigenvalue weighted by molar-refractivity contribution is 8.00. The molecule has 1 saturated heterocycles. The third-order valence-corrected chi connectivity index (χ3v) is 4.51. The minimum Gasteiger partial charge on any atom is -0.387 e. The summed E-state index contributed by atoms with van der Waals surface area (Å²) in [6.45, 7) is 4.18. The Bertz CT molecular complexity index is 342. The molecule has 1 heterocycles. The van der Waals surface area contributed by atoms with Crippen LogP contribution < -0.4 is 0 Å². The first-order valence-corrected chi connectivity index (χ1v) is 6.60. The maximum atomic E-state index is 10.3. The molecule has 2 atom stereocenters. The summed E-state index contributed by atoms with van der Waals surface area (Å²) in [5.41, 5.74) is 3.59. The molecule has 1 aliphatic heterocycles. The second kappa shape index (κ2) is 4.58. The van der Waals surface area contributed by atoms with Crippen LogP contribution in [0.4, 0.5) is 0 Å². The van der Waals surface area contributed by atoms with E-state index in [1.165, 1.54) is 23.3 Å². The van der Waals surface area contributed by atoms with Crippen LogP contribution in [0.2, 0.25) is 0 Å². The summed E-state index contributed by atoms with van der Waals surface area (Å²) in [5, 5.41) is 10.7. The quantitative estimate of drug-likeness (QED) is 0.829. The lowest BCUT2D eigenvalue weighted by atomic mass is 9.97. The molecular weight excluding hydrogens is 204 g/mol. The maximum Gasteiger partial charge on any atom is 0.0911 e. The van der Waals surface area contributed by atoms with Gasteiger partial charge in [-0.1, -0.05) is 23.8 Å². The fourth-order valence-electron chi connectivity index (χ4n) is 2.21. The lowest BCUT2D eigenvalue weighted by molar-refractivity contribution is 0.172. The van der Waals surface area contributed by atoms with E-state index in [-0.39, 0.29) is 6.10 Å². The summed E-state index contributed by atoms with van der Waals surface area (Å²) in [5.74, 6) is 1.20. The molecule has 15 heavy (non-hydrogen) atoms. The fourth-order valence-corrected chi connectivity index (χ4v) is 3.51. The van der Waals surface area contributed by atoms with Crippen molar-refractivity contribution >= 4 is 11.8 Å². The molecule has 0 radical (unpaired) electrons. The zero-order valence-electron chi connectivity index (χ0n) is 9.36. The lowest BCUT2D eigenvalue weighted by Gasteiger charge is -2.19. The van der Waals surface area contributed by atoms with Crippen LogP contribution in [0, 0.1) is 13.8 Å². The average Bonchev–Trinajstić information content (AvgIpc) is 2.69. The highest BCUT2D eigenvalue weighted by Crippen LogP contribution is 2.36. The van der Waals surface area contributed by atoms with Crippen molar-refractivity contribution in [1.82, 2.24) is 0 Å². The van der Waals surface area contributed by atoms with Crippen LogP contribution in [0.15, 0.2) is 18.2 Å². The summed E-state index contributed by atoms with van der Waals surface area (Å²) in [4.78, 5) is 0. The molecule has 0 saturated carbocycles. The third-order valence-electron chi connectivity index (χ3n) is 3.06. The van der Waals surface area contributed by atoms with Crippen molar-refractivity contribution in [2.75, 3.05) is 5.75 Å². The maximum absolute atomic E-state index is 10.3. The molecule has 0 aromatic heterocycles. The molecule has 0 bridgehead atoms. The van der Waals surface area contributed by atoms with Gasteiger partial charge in [-0.25, -0.2) is 0 Å². The highest BCUT2D eigenvalue weighted by atomic mass is 32.2. The number of aryl methyl sites for hydroxylation is 2. The third kappa shape index (κ3) is 2.37. The summed E-state index contributed by atoms with van der Waals surface area (Å²) in [6, 6.07) is 6.32. The normalized spacial score (nSPS) is 23.0. The van der Waals surface area contributed by atoms with E-state index < -0.39 is 0 Å². The Balaban J connectivity index is 2.20. The predicted octanol–water partition coefficient (Wildman–Crippen LogP) is 3.23. The molecule has 1 aromatic carbocycles. The number of benzene rings is 1. The first kappa shape index (κ1) is 11.0. The van der Waals surface area contributed by atoms with Gasteiger partial charge in [0, 0.05) is 5.25 Å². The van der Waals surface area contributed by atoms with E-state index in [4.69, 9.17) is 0 Å². The monoisotopic (exact) mass is 222 g/mol. The first-order chi connectivity index (χ1) is 7.18. The summed E-state index contributed by atoms with van der Waals surface area (Å²) >= 11 is 1.91. The summed E-state index contributed by atoms with van der Waals surface area (Å²) in [7, 11) is 0. The van der Waals surface area contributed by atoms with E-state index in [0.717, 1.165) is 12.0 Å². The number of aliphatic hydroxyl groups excluding tert-OH is 1. The molecule has 0 aliphatic carbocycles. The van der Waals surface area contributed by atoms with Crippen molar-refractivity contribution in [3.05, 3.63) is 34.9 Å². The topological polar surface area (TPSA) is 20.2 Å². The minimum atomic E-state index is -0.280. The van der Waals surface area contributed by atoms with Crippen molar-refractivity contribution in [1.29, 1.82) is 0 Å². The van der Waals surface area contributed by atoms with Gasteiger partial charge in [-0.15, -0.1) is 0 Å². The molecule has 0 amide bonds. The number of hydrogen-bond acceptors (Lipinski definition) is 2. The lowest BCUT2D eigenvalue weighted by Crippen LogP contribution is -2.13. The van der Waals surface area contributed by atoms with Crippen LogP contribution in [0.1, 0.15) is 35.6 Å². The number of thioether (sulfide) groups is 1. The molecule has 1 nitrogen and oxygen atoms in total. The van der Waals surface area contributed by atoms with Gasteiger partial charge in [-0.05, 0) is 43.6 Å². The van der Waals surface area contributed by atoms with Gasteiger partial charge in [0.2, 0.25) is 0 Å². The average molecular weight is 222 g/mol. The number of hydrogen-bond donors (Lipinski definition) is 1. The number of rotatable bonds is 2. The van der Waals surface area contributed by atoms with Crippen molar-refractivity contribution in [2.24, 2.45) is 0 Å². The van der Waals surface area contributed by atoms with E-state index in [0.29, 0.717) is 5.25 Å². The smallest absolute Gasteiger partial charge is 0.0911 e. The summed E-state index contributed by atoms with van der Waals surface area (Å²) < 4.78 is 0. The number of aliphatic hydroxyl groups is 1. The van der Waals surface area contributed by atoms with Gasteiger partial charge >= 0.3 is 0 Å². The van der Waals surface area contributed by atoms with Crippen LogP contribution in [-0.4, -0.2) is 16.1 Å². The summed E-state index contributed by atoms with van der Waals surface area (Å²) in [6.07, 6.45) is 2.12. The zero-order valence-corrected chi connectivity index (χ0v) is 10.2. The molecule has 2 rings (SSSR count). The highest BCUT2D eigenvalue weighted by Gasteiger charge is 2.25. The molecule has 2 heteroatoms. The molecule has 0 spiro atoms. The van der Waals surface area contributed by atoms with Gasteiger partial charge in [0.1, 0.15) is 0 Å². The van der Waals surface area contributed by atoms with Crippen molar-refractivity contribution < 1.29 is 5.11 Å². The van der Waals surface area contributed by atoms with Gasteiger partial charge in [0.05, 0.1) is 6.10 Å². The Kier molecular flexibility index (Phi) is 3.37. The van der Waals surface area contributed by atoms with Crippen molar-refractivity contribution in [3.8, 4) is 0 Å². The van der Waals surface area contributed by atoms with Crippen LogP contribution in [0.5, 0.6) is 0 Å². The Morgan fingerprint density at radius 1 is 1.40 bits per heavy atom. The Morgan fingerprint density at radius 2 is 2.20 bits per heavy atom. The second-order valence-electron chi connectivity index (χ2n) is 4.36. The van der Waals surface area contributed by atoms with Gasteiger partial charge < -0.3 is 5.11 Å². The van der Waals surface area contributed by atoms with Crippen LogP contribution in [0.25, 0.3) is 0 Å². The van der Waals surface area contributed by atoms with Gasteiger partial charge in [0.25, 0.3) is 0 Å². The predicted molar refractivity (Wildman–Crippen MR) is 66.4 cm³/mol. The van der Waals surface area contributed by atoms with Crippen molar-refractivity contribution in [3.63, 3.8) is 0 Å². The molecule has 1 aliphatic rings. The van der Waals surface area contributed by atoms with E-state index in [1.807, 2.05) is 11.8 Å². The van der Waals surface area contributed by atoms with Gasteiger partial charge in [0.15, 0.2) is 0 Å². The van der Waals surface area contributed by atoms with E-state index >= 15 is 0 Å². The second-order valence-corrected chi connectivity index (χ2v) is 5.70. The van der Waals surface area contributed by atoms with Crippen LogP contribution in [0.3, 0.4) is 0 Å². The molecular formula is C13H18OS. The van der Waals surface area contributed by atoms with Gasteiger partial charge in [-0.2, -0.15) is 11.8 Å². The van der Waals surface area contributed by atoms with Gasteiger partial charge in [-0.3, -0.25) is 0 Å². The Morgan fingerprint density at radius 3 is 2.80 bits per heavy atom. The Labute approximate surface area is 95.9 Å². The molecule has 1 aromatic rings. The van der Waals surface area contributed by atoms with Crippen LogP contribution >= 0.6 is 11.8 Å². The minimum absolute atomic E-state index is 0.280. The SMILES string of the molecule is Cc1ccc(C(O)C2CCCS2)c(C)c1. The zero-order chi connectivity index (χ0) is 10.8. The van der Waals surface area contributed by atoms with E-state index in [9.17, 15) is 5.11 Å². The van der Waals surface area contributed by atoms with Crippen molar-refractivity contribution in [2.45, 2.75) is 38.0 Å². The standard InChI is InChI=1S/C13H18OS/c1-9-5-6-11(10(2)8-9)13(14)12-4-3-7-15-12/h5-6,8,12-14H,3-4,7H2,1-2H3. The fraction of sp³-hybridized carbons (Fsp3) is 0.538. The molecule has 1 fully saturated rings.